The van der Waals surface area contributed by atoms with Crippen LogP contribution in [0.5, 0.6) is 0 Å². The molecule has 0 radical (unpaired) electrons. The standard InChI is InChI=1S/C24H34O5/c1-14(19(25)26)18(20-3-15-2-16(4-20)7-22(27,6-15)10-20)21-5-17-8-23(28,11-21)13-24(29,9-17)12-21/h15-17,27-29H,2-13H2,1H3,(H,25,26). The van der Waals surface area contributed by atoms with Crippen molar-refractivity contribution in [2.24, 2.45) is 28.6 Å². The summed E-state index contributed by atoms with van der Waals surface area (Å²) in [6, 6.07) is 0. The molecule has 8 saturated carbocycles. The van der Waals surface area contributed by atoms with Crippen LogP contribution in [0, 0.1) is 28.6 Å². The Morgan fingerprint density at radius 1 is 0.690 bits per heavy atom. The maximum Gasteiger partial charge on any atom is 0.331 e. The highest BCUT2D eigenvalue weighted by molar-refractivity contribution is 5.87. The Balaban J connectivity index is 1.53. The highest BCUT2D eigenvalue weighted by Gasteiger charge is 2.68. The van der Waals surface area contributed by atoms with Gasteiger partial charge in [0.15, 0.2) is 0 Å². The predicted molar refractivity (Wildman–Crippen MR) is 106 cm³/mol. The molecule has 0 amide bonds. The van der Waals surface area contributed by atoms with Gasteiger partial charge in [-0.1, -0.05) is 0 Å². The van der Waals surface area contributed by atoms with Gasteiger partial charge in [-0.2, -0.15) is 0 Å². The summed E-state index contributed by atoms with van der Waals surface area (Å²) in [6.45, 7) is 1.74. The first-order valence-corrected chi connectivity index (χ1v) is 11.6. The molecule has 8 aliphatic carbocycles. The topological polar surface area (TPSA) is 98.0 Å². The van der Waals surface area contributed by atoms with Crippen LogP contribution < -0.4 is 0 Å². The molecule has 0 aromatic heterocycles. The van der Waals surface area contributed by atoms with E-state index in [4.69, 9.17) is 0 Å². The predicted octanol–water partition coefficient (Wildman–Crippen LogP) is 3.17. The SMILES string of the molecule is CC(C(=O)O)=C(C12CC3CC(CC(O)(C3)C1)C2)C12CC3CC(O)(CC(O)(C3)C1)C2. The van der Waals surface area contributed by atoms with Gasteiger partial charge in [0.2, 0.25) is 0 Å². The quantitative estimate of drug-likeness (QED) is 0.544. The zero-order valence-electron chi connectivity index (χ0n) is 17.4. The monoisotopic (exact) mass is 402 g/mol. The van der Waals surface area contributed by atoms with Crippen molar-refractivity contribution in [3.63, 3.8) is 0 Å². The molecule has 8 rings (SSSR count). The van der Waals surface area contributed by atoms with Crippen molar-refractivity contribution in [3.8, 4) is 0 Å². The molecule has 8 aliphatic rings. The number of rotatable bonds is 3. The van der Waals surface area contributed by atoms with Crippen LogP contribution in [0.4, 0.5) is 0 Å². The Hall–Kier alpha value is -0.910. The molecule has 8 fully saturated rings. The van der Waals surface area contributed by atoms with Crippen LogP contribution in [0.3, 0.4) is 0 Å². The first-order valence-electron chi connectivity index (χ1n) is 11.6. The van der Waals surface area contributed by atoms with E-state index in [1.54, 1.807) is 6.92 Å². The van der Waals surface area contributed by atoms with Crippen LogP contribution in [0.1, 0.15) is 84.0 Å². The molecular formula is C24H34O5. The first-order chi connectivity index (χ1) is 13.5. The lowest BCUT2D eigenvalue weighted by atomic mass is 9.38. The molecule has 4 N–H and O–H groups in total. The van der Waals surface area contributed by atoms with E-state index < -0.39 is 28.2 Å². The van der Waals surface area contributed by atoms with Crippen LogP contribution in [-0.4, -0.2) is 43.2 Å². The second kappa shape index (κ2) is 5.28. The van der Waals surface area contributed by atoms with Crippen molar-refractivity contribution >= 4 is 5.97 Å². The molecule has 0 aliphatic heterocycles. The minimum Gasteiger partial charge on any atom is -0.478 e. The number of hydrogen-bond donors (Lipinski definition) is 4. The van der Waals surface area contributed by atoms with E-state index in [-0.39, 0.29) is 11.3 Å². The van der Waals surface area contributed by atoms with Crippen LogP contribution in [0.25, 0.3) is 0 Å². The summed E-state index contributed by atoms with van der Waals surface area (Å²) in [5.41, 5.74) is -1.71. The third kappa shape index (κ3) is 2.53. The highest BCUT2D eigenvalue weighted by Crippen LogP contribution is 2.73. The number of carboxylic acids is 1. The van der Waals surface area contributed by atoms with Crippen LogP contribution in [0.2, 0.25) is 0 Å². The van der Waals surface area contributed by atoms with Crippen LogP contribution in [-0.2, 0) is 4.79 Å². The molecule has 8 bridgehead atoms. The Bertz CT molecular complexity index is 795. The molecule has 4 atom stereocenters. The molecule has 0 heterocycles. The number of hydrogen-bond acceptors (Lipinski definition) is 4. The van der Waals surface area contributed by atoms with Crippen LogP contribution in [0.15, 0.2) is 11.1 Å². The van der Waals surface area contributed by atoms with Gasteiger partial charge in [-0.3, -0.25) is 0 Å². The zero-order chi connectivity index (χ0) is 20.4. The zero-order valence-corrected chi connectivity index (χ0v) is 17.4. The number of carboxylic acid groups (broad SMARTS) is 1. The number of aliphatic hydroxyl groups is 3. The highest BCUT2D eigenvalue weighted by atomic mass is 16.4. The molecule has 0 saturated heterocycles. The van der Waals surface area contributed by atoms with Gasteiger partial charge in [-0.15, -0.1) is 0 Å². The summed E-state index contributed by atoms with van der Waals surface area (Å²) in [6.07, 6.45) is 9.41. The van der Waals surface area contributed by atoms with E-state index in [1.165, 1.54) is 0 Å². The Kier molecular flexibility index (Phi) is 3.43. The number of carbonyl (C=O) groups is 1. The number of allylic oxidation sites excluding steroid dienone is 1. The fourth-order valence-corrected chi connectivity index (χ4v) is 10.6. The van der Waals surface area contributed by atoms with E-state index in [2.05, 4.69) is 0 Å². The smallest absolute Gasteiger partial charge is 0.331 e. The lowest BCUT2D eigenvalue weighted by molar-refractivity contribution is -0.229. The average molecular weight is 403 g/mol. The van der Waals surface area contributed by atoms with Crippen molar-refractivity contribution < 1.29 is 25.2 Å². The largest absolute Gasteiger partial charge is 0.478 e. The van der Waals surface area contributed by atoms with E-state index >= 15 is 0 Å². The average Bonchev–Trinajstić information content (AvgIpc) is 2.47. The van der Waals surface area contributed by atoms with E-state index in [9.17, 15) is 25.2 Å². The molecule has 0 aromatic carbocycles. The summed E-state index contributed by atoms with van der Waals surface area (Å²) in [5, 5.41) is 44.2. The summed E-state index contributed by atoms with van der Waals surface area (Å²) < 4.78 is 0. The Morgan fingerprint density at radius 3 is 1.66 bits per heavy atom. The second-order valence-electron chi connectivity index (χ2n) is 12.5. The van der Waals surface area contributed by atoms with E-state index in [0.717, 1.165) is 56.9 Å². The second-order valence-corrected chi connectivity index (χ2v) is 12.5. The third-order valence-corrected chi connectivity index (χ3v) is 9.80. The Morgan fingerprint density at radius 2 is 1.17 bits per heavy atom. The molecule has 4 unspecified atom stereocenters. The van der Waals surface area contributed by atoms with Gasteiger partial charge in [0.05, 0.1) is 16.8 Å². The van der Waals surface area contributed by atoms with Crippen molar-refractivity contribution in [2.75, 3.05) is 0 Å². The van der Waals surface area contributed by atoms with Gasteiger partial charge in [0.25, 0.3) is 0 Å². The molecule has 160 valence electrons. The van der Waals surface area contributed by atoms with Crippen molar-refractivity contribution in [1.82, 2.24) is 0 Å². The molecule has 0 spiro atoms. The van der Waals surface area contributed by atoms with Gasteiger partial charge in [0, 0.05) is 12.0 Å². The Labute approximate surface area is 172 Å². The maximum atomic E-state index is 12.3. The normalized spacial score (nSPS) is 57.9. The fourth-order valence-electron chi connectivity index (χ4n) is 10.6. The van der Waals surface area contributed by atoms with Gasteiger partial charge in [0.1, 0.15) is 0 Å². The fraction of sp³-hybridized carbons (Fsp3) is 0.875. The van der Waals surface area contributed by atoms with Crippen molar-refractivity contribution in [3.05, 3.63) is 11.1 Å². The minimum atomic E-state index is -0.878. The summed E-state index contributed by atoms with van der Waals surface area (Å²) in [7, 11) is 0. The molecule has 29 heavy (non-hydrogen) atoms. The van der Waals surface area contributed by atoms with Gasteiger partial charge in [-0.25, -0.2) is 4.79 Å². The van der Waals surface area contributed by atoms with E-state index in [0.29, 0.717) is 43.1 Å². The van der Waals surface area contributed by atoms with E-state index in [1.807, 2.05) is 0 Å². The maximum absolute atomic E-state index is 12.3. The van der Waals surface area contributed by atoms with Gasteiger partial charge in [-0.05, 0) is 112 Å². The van der Waals surface area contributed by atoms with Gasteiger partial charge >= 0.3 is 5.97 Å². The first kappa shape index (κ1) is 18.8. The summed E-state index contributed by atoms with van der Waals surface area (Å²) >= 11 is 0. The van der Waals surface area contributed by atoms with Crippen molar-refractivity contribution in [2.45, 2.75) is 101 Å². The molecule has 5 nitrogen and oxygen atoms in total. The van der Waals surface area contributed by atoms with Gasteiger partial charge < -0.3 is 20.4 Å². The lowest BCUT2D eigenvalue weighted by Gasteiger charge is -2.69. The molecule has 0 aromatic rings. The molecular weight excluding hydrogens is 368 g/mol. The minimum absolute atomic E-state index is 0.259. The summed E-state index contributed by atoms with van der Waals surface area (Å²) in [5.74, 6) is 0.322. The molecule has 5 heteroatoms. The van der Waals surface area contributed by atoms with Crippen LogP contribution >= 0.6 is 0 Å². The third-order valence-electron chi connectivity index (χ3n) is 9.80. The lowest BCUT2D eigenvalue weighted by Crippen LogP contribution is -2.66. The van der Waals surface area contributed by atoms with Crippen molar-refractivity contribution in [1.29, 1.82) is 0 Å². The summed E-state index contributed by atoms with van der Waals surface area (Å²) in [4.78, 5) is 12.3. The number of aliphatic carboxylic acids is 1.